The zero-order chi connectivity index (χ0) is 22.0. The molecule has 0 spiro atoms. The normalized spacial score (nSPS) is 21.4. The summed E-state index contributed by atoms with van der Waals surface area (Å²) >= 11 is 1.40. The number of carbonyl (C=O) groups is 2. The summed E-state index contributed by atoms with van der Waals surface area (Å²) < 4.78 is 19.1. The summed E-state index contributed by atoms with van der Waals surface area (Å²) in [6.45, 7) is 1.75. The first-order valence-electron chi connectivity index (χ1n) is 10.6. The molecule has 3 aliphatic rings. The molecule has 1 saturated carbocycles. The molecule has 1 fully saturated rings. The molecule has 31 heavy (non-hydrogen) atoms. The Bertz CT molecular complexity index is 982. The molecule has 0 unspecified atom stereocenters. The van der Waals surface area contributed by atoms with Crippen LogP contribution in [0.4, 0.5) is 4.39 Å². The van der Waals surface area contributed by atoms with Crippen molar-refractivity contribution in [3.8, 4) is 0 Å². The van der Waals surface area contributed by atoms with E-state index in [1.807, 2.05) is 10.3 Å². The number of hydrogen-bond donors (Lipinski definition) is 1. The van der Waals surface area contributed by atoms with E-state index in [4.69, 9.17) is 4.74 Å². The Morgan fingerprint density at radius 2 is 2.06 bits per heavy atom. The fourth-order valence-corrected chi connectivity index (χ4v) is 5.39. The Balaban J connectivity index is 1.63. The maximum atomic E-state index is 14.1. The number of hydrogen-bond acceptors (Lipinski definition) is 6. The van der Waals surface area contributed by atoms with Gasteiger partial charge < -0.3 is 15.0 Å². The van der Waals surface area contributed by atoms with Gasteiger partial charge in [0.15, 0.2) is 5.17 Å². The number of nitrogens with one attached hydrogen (secondary N) is 1. The van der Waals surface area contributed by atoms with Gasteiger partial charge in [0.05, 0.1) is 30.8 Å². The molecule has 0 saturated heterocycles. The third-order valence-electron chi connectivity index (χ3n) is 5.88. The number of halogens is 1. The van der Waals surface area contributed by atoms with Gasteiger partial charge in [-0.15, -0.1) is 0 Å². The Morgan fingerprint density at radius 1 is 1.29 bits per heavy atom. The van der Waals surface area contributed by atoms with Gasteiger partial charge in [0, 0.05) is 11.7 Å². The van der Waals surface area contributed by atoms with E-state index < -0.39 is 17.8 Å². The fraction of sp³-hybridized carbons (Fsp3) is 0.435. The molecule has 1 N–H and O–H groups in total. The number of ether oxygens (including phenoxy) is 1. The van der Waals surface area contributed by atoms with Gasteiger partial charge in [0.2, 0.25) is 5.91 Å². The van der Waals surface area contributed by atoms with Gasteiger partial charge in [-0.1, -0.05) is 43.2 Å². The number of carbonyl (C=O) groups excluding carboxylic acids is 2. The Kier molecular flexibility index (Phi) is 6.46. The van der Waals surface area contributed by atoms with Crippen LogP contribution in [-0.4, -0.2) is 35.1 Å². The number of amides is 1. The average molecular weight is 444 g/mol. The van der Waals surface area contributed by atoms with E-state index in [0.29, 0.717) is 22.0 Å². The second-order valence-corrected chi connectivity index (χ2v) is 8.86. The molecule has 0 radical (unpaired) electrons. The summed E-state index contributed by atoms with van der Waals surface area (Å²) in [4.78, 5) is 31.9. The average Bonchev–Trinajstić information content (AvgIpc) is 3.14. The highest BCUT2D eigenvalue weighted by Crippen LogP contribution is 2.44. The predicted molar refractivity (Wildman–Crippen MR) is 118 cm³/mol. The number of methoxy groups -OCH3 is 1. The van der Waals surface area contributed by atoms with Crippen LogP contribution in [0.5, 0.6) is 0 Å². The van der Waals surface area contributed by atoms with Crippen molar-refractivity contribution in [1.82, 2.24) is 10.2 Å². The first kappa shape index (κ1) is 21.6. The molecular weight excluding hydrogens is 417 g/mol. The molecule has 1 amide bonds. The molecule has 2 aliphatic heterocycles. The topological polar surface area (TPSA) is 71.0 Å². The lowest BCUT2D eigenvalue weighted by Crippen LogP contribution is -2.40. The van der Waals surface area contributed by atoms with Crippen LogP contribution in [0.1, 0.15) is 57.1 Å². The highest BCUT2D eigenvalue weighted by atomic mass is 32.2. The standard InChI is InChI=1S/C23H26FN3O3S/c1-14-20(22(29)30-2)21(15-7-6-8-16(24)11-15)27-18(13-31-23(27)25-14)12-19(28)26-17-9-4-3-5-10-17/h6-8,11,13,17,21H,3-5,9-10,12H2,1-2H3,(H,26,28)/t21-/m0/s1. The van der Waals surface area contributed by atoms with Crippen LogP contribution in [0.2, 0.25) is 0 Å². The highest BCUT2D eigenvalue weighted by molar-refractivity contribution is 8.16. The maximum Gasteiger partial charge on any atom is 0.338 e. The number of thioether (sulfide) groups is 1. The van der Waals surface area contributed by atoms with E-state index in [0.717, 1.165) is 31.4 Å². The minimum atomic E-state index is -0.612. The summed E-state index contributed by atoms with van der Waals surface area (Å²) in [5.74, 6) is -0.961. The van der Waals surface area contributed by atoms with Gasteiger partial charge >= 0.3 is 5.97 Å². The van der Waals surface area contributed by atoms with Crippen molar-refractivity contribution >= 4 is 28.8 Å². The summed E-state index contributed by atoms with van der Waals surface area (Å²) in [6.07, 6.45) is 5.69. The van der Waals surface area contributed by atoms with E-state index in [9.17, 15) is 14.0 Å². The van der Waals surface area contributed by atoms with Crippen LogP contribution in [0, 0.1) is 5.82 Å². The number of allylic oxidation sites excluding steroid dienone is 1. The van der Waals surface area contributed by atoms with E-state index in [-0.39, 0.29) is 18.4 Å². The number of rotatable bonds is 5. The van der Waals surface area contributed by atoms with Crippen molar-refractivity contribution in [1.29, 1.82) is 0 Å². The van der Waals surface area contributed by atoms with Crippen LogP contribution < -0.4 is 5.32 Å². The number of esters is 1. The maximum absolute atomic E-state index is 14.1. The second kappa shape index (κ2) is 9.26. The molecule has 1 aromatic carbocycles. The molecular formula is C23H26FN3O3S. The summed E-state index contributed by atoms with van der Waals surface area (Å²) in [5, 5.41) is 5.69. The summed E-state index contributed by atoms with van der Waals surface area (Å²) in [6, 6.07) is 5.77. The van der Waals surface area contributed by atoms with Gasteiger partial charge in [0.1, 0.15) is 5.82 Å². The third-order valence-corrected chi connectivity index (χ3v) is 6.77. The van der Waals surface area contributed by atoms with Crippen LogP contribution in [0.3, 0.4) is 0 Å². The van der Waals surface area contributed by atoms with E-state index >= 15 is 0 Å². The van der Waals surface area contributed by atoms with Gasteiger partial charge in [-0.2, -0.15) is 0 Å². The van der Waals surface area contributed by atoms with E-state index in [1.54, 1.807) is 19.1 Å². The lowest BCUT2D eigenvalue weighted by atomic mass is 9.93. The minimum Gasteiger partial charge on any atom is -0.466 e. The van der Waals surface area contributed by atoms with Gasteiger partial charge in [-0.25, -0.2) is 14.2 Å². The summed E-state index contributed by atoms with van der Waals surface area (Å²) in [5.41, 5.74) is 2.22. The molecule has 1 atom stereocenters. The molecule has 0 aromatic heterocycles. The number of nitrogens with zero attached hydrogens (tertiary/aromatic N) is 2. The predicted octanol–water partition coefficient (Wildman–Crippen LogP) is 4.41. The van der Waals surface area contributed by atoms with Crippen molar-refractivity contribution in [2.75, 3.05) is 7.11 Å². The first-order chi connectivity index (χ1) is 15.0. The van der Waals surface area contributed by atoms with Crippen molar-refractivity contribution in [2.24, 2.45) is 4.99 Å². The molecule has 2 heterocycles. The van der Waals surface area contributed by atoms with Crippen LogP contribution in [0.15, 0.2) is 51.6 Å². The molecule has 6 nitrogen and oxygen atoms in total. The number of amidine groups is 1. The molecule has 1 aromatic rings. The highest BCUT2D eigenvalue weighted by Gasteiger charge is 2.41. The Morgan fingerprint density at radius 3 is 2.77 bits per heavy atom. The lowest BCUT2D eigenvalue weighted by Gasteiger charge is -2.36. The van der Waals surface area contributed by atoms with Crippen molar-refractivity contribution in [3.05, 3.63) is 58.0 Å². The number of benzene rings is 1. The Labute approximate surface area is 185 Å². The second-order valence-electron chi connectivity index (χ2n) is 8.02. The minimum absolute atomic E-state index is 0.0520. The van der Waals surface area contributed by atoms with Gasteiger partial charge in [0.25, 0.3) is 0 Å². The third kappa shape index (κ3) is 4.54. The lowest BCUT2D eigenvalue weighted by molar-refractivity contribution is -0.136. The zero-order valence-electron chi connectivity index (χ0n) is 17.7. The molecule has 4 rings (SSSR count). The van der Waals surface area contributed by atoms with E-state index in [2.05, 4.69) is 10.3 Å². The van der Waals surface area contributed by atoms with Crippen molar-refractivity contribution < 1.29 is 18.7 Å². The number of aliphatic imine (C=N–C) groups is 1. The summed E-state index contributed by atoms with van der Waals surface area (Å²) in [7, 11) is 1.32. The zero-order valence-corrected chi connectivity index (χ0v) is 18.5. The fourth-order valence-electron chi connectivity index (χ4n) is 4.42. The monoisotopic (exact) mass is 443 g/mol. The van der Waals surface area contributed by atoms with Gasteiger partial charge in [-0.3, -0.25) is 4.79 Å². The van der Waals surface area contributed by atoms with Crippen molar-refractivity contribution in [3.63, 3.8) is 0 Å². The molecule has 1 aliphatic carbocycles. The molecule has 0 bridgehead atoms. The molecule has 164 valence electrons. The van der Waals surface area contributed by atoms with Crippen LogP contribution in [-0.2, 0) is 14.3 Å². The Hall–Kier alpha value is -2.61. The van der Waals surface area contributed by atoms with Crippen LogP contribution >= 0.6 is 11.8 Å². The quantitative estimate of drug-likeness (QED) is 0.683. The number of fused-ring (bicyclic) bond motifs is 1. The first-order valence-corrected chi connectivity index (χ1v) is 11.4. The van der Waals surface area contributed by atoms with Gasteiger partial charge in [-0.05, 0) is 42.9 Å². The largest absolute Gasteiger partial charge is 0.466 e. The van der Waals surface area contributed by atoms with E-state index in [1.165, 1.54) is 37.4 Å². The van der Waals surface area contributed by atoms with Crippen molar-refractivity contribution in [2.45, 2.75) is 57.5 Å². The smallest absolute Gasteiger partial charge is 0.338 e. The SMILES string of the molecule is COC(=O)C1=C(C)N=C2SC=C(CC(=O)NC3CCCCC3)N2[C@H]1c1cccc(F)c1. The molecule has 8 heteroatoms. The van der Waals surface area contributed by atoms with Crippen LogP contribution in [0.25, 0.3) is 0 Å².